The number of carbonyl (C=O) groups is 1. The molecule has 1 saturated carbocycles. The molecule has 1 N–H and O–H groups in total. The fraction of sp³-hybridized carbons (Fsp3) is 0.944. The van der Waals surface area contributed by atoms with Crippen molar-refractivity contribution in [1.29, 1.82) is 0 Å². The molecule has 3 atom stereocenters. The fourth-order valence-electron chi connectivity index (χ4n) is 4.98. The molecule has 2 saturated heterocycles. The molecule has 2 aliphatic heterocycles. The van der Waals surface area contributed by atoms with Crippen molar-refractivity contribution in [2.24, 2.45) is 11.3 Å². The Kier molecular flexibility index (Phi) is 4.31. The minimum Gasteiger partial charge on any atom is -0.339 e. The molecule has 0 radical (unpaired) electrons. The normalized spacial score (nSPS) is 37.7. The monoisotopic (exact) mass is 292 g/mol. The van der Waals surface area contributed by atoms with E-state index in [4.69, 9.17) is 0 Å². The molecule has 0 aromatic heterocycles. The van der Waals surface area contributed by atoms with Gasteiger partial charge in [0.1, 0.15) is 0 Å². The molecule has 1 amide bonds. The van der Waals surface area contributed by atoms with E-state index >= 15 is 0 Å². The lowest BCUT2D eigenvalue weighted by Crippen LogP contribution is -2.52. The zero-order valence-corrected chi connectivity index (χ0v) is 14.0. The van der Waals surface area contributed by atoms with Crippen molar-refractivity contribution in [3.05, 3.63) is 0 Å². The third kappa shape index (κ3) is 2.99. The molecule has 3 unspecified atom stereocenters. The Bertz CT molecular complexity index is 381. The van der Waals surface area contributed by atoms with Crippen LogP contribution in [0.2, 0.25) is 0 Å². The molecule has 3 heteroatoms. The maximum Gasteiger partial charge on any atom is 0.226 e. The molecule has 0 aromatic carbocycles. The average Bonchev–Trinajstić information content (AvgIpc) is 2.97. The fourth-order valence-corrected chi connectivity index (χ4v) is 4.98. The van der Waals surface area contributed by atoms with E-state index in [1.165, 1.54) is 38.5 Å². The summed E-state index contributed by atoms with van der Waals surface area (Å²) in [6.45, 7) is 7.74. The van der Waals surface area contributed by atoms with Crippen molar-refractivity contribution in [1.82, 2.24) is 10.2 Å². The van der Waals surface area contributed by atoms with Crippen LogP contribution in [0.25, 0.3) is 0 Å². The largest absolute Gasteiger partial charge is 0.339 e. The van der Waals surface area contributed by atoms with E-state index < -0.39 is 0 Å². The summed E-state index contributed by atoms with van der Waals surface area (Å²) in [5, 5.41) is 3.70. The highest BCUT2D eigenvalue weighted by molar-refractivity contribution is 5.80. The molecule has 3 aliphatic rings. The maximum atomic E-state index is 13.2. The Morgan fingerprint density at radius 3 is 2.38 bits per heavy atom. The highest BCUT2D eigenvalue weighted by Crippen LogP contribution is 2.44. The number of rotatable bonds is 4. The van der Waals surface area contributed by atoms with E-state index in [9.17, 15) is 4.79 Å². The minimum absolute atomic E-state index is 0.203. The van der Waals surface area contributed by atoms with Gasteiger partial charge in [-0.05, 0) is 50.4 Å². The highest BCUT2D eigenvalue weighted by atomic mass is 16.2. The molecular weight excluding hydrogens is 260 g/mol. The van der Waals surface area contributed by atoms with Crippen molar-refractivity contribution in [2.45, 2.75) is 90.3 Å². The van der Waals surface area contributed by atoms with Crippen LogP contribution in [-0.2, 0) is 4.79 Å². The first kappa shape index (κ1) is 15.3. The lowest BCUT2D eigenvalue weighted by Gasteiger charge is -2.41. The van der Waals surface area contributed by atoms with Gasteiger partial charge in [-0.2, -0.15) is 0 Å². The summed E-state index contributed by atoms with van der Waals surface area (Å²) in [5.74, 6) is 0.724. The lowest BCUT2D eigenvalue weighted by atomic mass is 9.80. The number of nitrogens with one attached hydrogen (secondary N) is 1. The predicted octanol–water partition coefficient (Wildman–Crippen LogP) is 3.33. The third-order valence-electron chi connectivity index (χ3n) is 6.19. The Labute approximate surface area is 129 Å². The summed E-state index contributed by atoms with van der Waals surface area (Å²) in [6.07, 6.45) is 9.59. The van der Waals surface area contributed by atoms with Gasteiger partial charge in [-0.3, -0.25) is 4.79 Å². The molecule has 0 spiro atoms. The number of nitrogens with zero attached hydrogens (tertiary/aromatic N) is 1. The molecule has 3 rings (SSSR count). The van der Waals surface area contributed by atoms with Crippen LogP contribution in [-0.4, -0.2) is 35.5 Å². The van der Waals surface area contributed by atoms with Gasteiger partial charge in [0.05, 0.1) is 0 Å². The van der Waals surface area contributed by atoms with Gasteiger partial charge in [-0.25, -0.2) is 0 Å². The first-order valence-corrected chi connectivity index (χ1v) is 9.08. The second-order valence-electron chi connectivity index (χ2n) is 8.23. The van der Waals surface area contributed by atoms with Gasteiger partial charge in [-0.15, -0.1) is 0 Å². The van der Waals surface area contributed by atoms with Crippen LogP contribution in [0.3, 0.4) is 0 Å². The Morgan fingerprint density at radius 1 is 1.19 bits per heavy atom. The molecule has 1 aliphatic carbocycles. The molecule has 3 nitrogen and oxygen atoms in total. The van der Waals surface area contributed by atoms with Crippen LogP contribution >= 0.6 is 0 Å². The Morgan fingerprint density at radius 2 is 1.86 bits per heavy atom. The van der Waals surface area contributed by atoms with Gasteiger partial charge in [0.15, 0.2) is 0 Å². The van der Waals surface area contributed by atoms with Gasteiger partial charge in [0.2, 0.25) is 5.91 Å². The van der Waals surface area contributed by atoms with Crippen molar-refractivity contribution < 1.29 is 4.79 Å². The van der Waals surface area contributed by atoms with Crippen LogP contribution in [0.15, 0.2) is 0 Å². The van der Waals surface area contributed by atoms with Gasteiger partial charge < -0.3 is 10.2 Å². The van der Waals surface area contributed by atoms with E-state index in [-0.39, 0.29) is 11.3 Å². The Balaban J connectivity index is 1.73. The molecular formula is C18H32N2O. The second-order valence-corrected chi connectivity index (χ2v) is 8.23. The van der Waals surface area contributed by atoms with Crippen LogP contribution in [0.5, 0.6) is 0 Å². The summed E-state index contributed by atoms with van der Waals surface area (Å²) in [5.41, 5.74) is 0.203. The number of amides is 1. The van der Waals surface area contributed by atoms with Crippen LogP contribution in [0.4, 0.5) is 0 Å². The molecule has 3 fully saturated rings. The minimum atomic E-state index is 0.203. The lowest BCUT2D eigenvalue weighted by molar-refractivity contribution is -0.141. The molecule has 21 heavy (non-hydrogen) atoms. The number of fused-ring (bicyclic) bond motifs is 2. The summed E-state index contributed by atoms with van der Waals surface area (Å²) in [4.78, 5) is 15.5. The smallest absolute Gasteiger partial charge is 0.226 e. The van der Waals surface area contributed by atoms with Gasteiger partial charge >= 0.3 is 0 Å². The first-order chi connectivity index (χ1) is 10.0. The van der Waals surface area contributed by atoms with Gasteiger partial charge in [0, 0.05) is 30.6 Å². The topological polar surface area (TPSA) is 32.3 Å². The number of carbonyl (C=O) groups excluding carboxylic acids is 1. The van der Waals surface area contributed by atoms with Crippen molar-refractivity contribution in [3.63, 3.8) is 0 Å². The number of hydrogen-bond donors (Lipinski definition) is 1. The predicted molar refractivity (Wildman–Crippen MR) is 86.1 cm³/mol. The second kappa shape index (κ2) is 5.91. The van der Waals surface area contributed by atoms with E-state index in [1.54, 1.807) is 0 Å². The van der Waals surface area contributed by atoms with Crippen LogP contribution in [0.1, 0.15) is 72.1 Å². The number of hydrogen-bond acceptors (Lipinski definition) is 2. The summed E-state index contributed by atoms with van der Waals surface area (Å²) < 4.78 is 0. The zero-order chi connectivity index (χ0) is 15.0. The van der Waals surface area contributed by atoms with Crippen LogP contribution < -0.4 is 5.32 Å². The summed E-state index contributed by atoms with van der Waals surface area (Å²) in [7, 11) is 0. The van der Waals surface area contributed by atoms with E-state index in [0.717, 1.165) is 19.4 Å². The Hall–Kier alpha value is -0.570. The molecule has 2 bridgehead atoms. The van der Waals surface area contributed by atoms with Crippen molar-refractivity contribution in [3.8, 4) is 0 Å². The van der Waals surface area contributed by atoms with E-state index in [1.807, 2.05) is 0 Å². The van der Waals surface area contributed by atoms with E-state index in [0.29, 0.717) is 24.0 Å². The average molecular weight is 292 g/mol. The SMILES string of the molecule is CCCN(C(=O)C1CCCC1(C)C)C1CC2CCC(C1)N2. The van der Waals surface area contributed by atoms with Crippen molar-refractivity contribution >= 4 is 5.91 Å². The number of piperidine rings is 1. The summed E-state index contributed by atoms with van der Waals surface area (Å²) in [6, 6.07) is 1.82. The zero-order valence-electron chi connectivity index (χ0n) is 14.0. The van der Waals surface area contributed by atoms with Gasteiger partial charge in [0.25, 0.3) is 0 Å². The molecule has 120 valence electrons. The summed E-state index contributed by atoms with van der Waals surface area (Å²) >= 11 is 0. The molecule has 2 heterocycles. The van der Waals surface area contributed by atoms with E-state index in [2.05, 4.69) is 31.0 Å². The van der Waals surface area contributed by atoms with Gasteiger partial charge in [-0.1, -0.05) is 27.2 Å². The highest BCUT2D eigenvalue weighted by Gasteiger charge is 2.44. The maximum absolute atomic E-state index is 13.2. The standard InChI is InChI=1S/C18H32N2O/c1-4-10-20(15-11-13-7-8-14(12-15)19-13)17(21)16-6-5-9-18(16,2)3/h13-16,19H,4-12H2,1-3H3. The van der Waals surface area contributed by atoms with Crippen molar-refractivity contribution in [2.75, 3.05) is 6.54 Å². The molecule has 0 aromatic rings. The quantitative estimate of drug-likeness (QED) is 0.862. The first-order valence-electron chi connectivity index (χ1n) is 9.08. The third-order valence-corrected chi connectivity index (χ3v) is 6.19. The van der Waals surface area contributed by atoms with Crippen LogP contribution in [0, 0.1) is 11.3 Å².